The van der Waals surface area contributed by atoms with Crippen molar-refractivity contribution < 1.29 is 4.42 Å². The van der Waals surface area contributed by atoms with E-state index in [2.05, 4.69) is 30.4 Å². The van der Waals surface area contributed by atoms with Crippen LogP contribution in [0.25, 0.3) is 17.0 Å². The topological polar surface area (TPSA) is 25.2 Å². The van der Waals surface area contributed by atoms with Crippen LogP contribution < -0.4 is 5.32 Å². The van der Waals surface area contributed by atoms with E-state index in [1.807, 2.05) is 18.4 Å². The molecule has 0 unspecified atom stereocenters. The zero-order chi connectivity index (χ0) is 12.4. The van der Waals surface area contributed by atoms with Crippen LogP contribution in [0.2, 0.25) is 0 Å². The summed E-state index contributed by atoms with van der Waals surface area (Å²) in [5.74, 6) is 0. The largest absolute Gasteiger partial charge is 0.464 e. The number of fused-ring (bicyclic) bond motifs is 1. The fourth-order valence-corrected chi connectivity index (χ4v) is 2.17. The summed E-state index contributed by atoms with van der Waals surface area (Å²) in [5.41, 5.74) is 3.60. The first-order valence-electron chi connectivity index (χ1n) is 6.76. The zero-order valence-electron chi connectivity index (χ0n) is 10.8. The molecule has 0 spiro atoms. The Hall–Kier alpha value is -1.54. The smallest absolute Gasteiger partial charge is 0.134 e. The molecular formula is C16H19NO. The Labute approximate surface area is 108 Å². The molecule has 1 heterocycles. The molecule has 1 aliphatic carbocycles. The molecule has 2 heteroatoms. The Morgan fingerprint density at radius 3 is 3.00 bits per heavy atom. The van der Waals surface area contributed by atoms with Crippen molar-refractivity contribution in [1.82, 2.24) is 5.32 Å². The van der Waals surface area contributed by atoms with Crippen molar-refractivity contribution in [1.29, 1.82) is 0 Å². The average molecular weight is 241 g/mol. The van der Waals surface area contributed by atoms with Crippen molar-refractivity contribution in [3.05, 3.63) is 41.7 Å². The van der Waals surface area contributed by atoms with Crippen molar-refractivity contribution in [3.63, 3.8) is 0 Å². The van der Waals surface area contributed by atoms with E-state index in [9.17, 15) is 0 Å². The molecule has 1 fully saturated rings. The second-order valence-corrected chi connectivity index (χ2v) is 5.00. The maximum Gasteiger partial charge on any atom is 0.134 e. The molecule has 0 radical (unpaired) electrons. The van der Waals surface area contributed by atoms with E-state index in [4.69, 9.17) is 4.42 Å². The van der Waals surface area contributed by atoms with Crippen LogP contribution in [0.5, 0.6) is 0 Å². The van der Waals surface area contributed by atoms with Crippen LogP contribution in [-0.2, 0) is 0 Å². The van der Waals surface area contributed by atoms with Crippen molar-refractivity contribution in [2.45, 2.75) is 32.2 Å². The molecule has 3 rings (SSSR count). The summed E-state index contributed by atoms with van der Waals surface area (Å²) in [6.45, 7) is 3.21. The maximum atomic E-state index is 5.57. The Kier molecular flexibility index (Phi) is 3.20. The monoisotopic (exact) mass is 241 g/mol. The minimum atomic E-state index is 0.765. The molecular weight excluding hydrogens is 222 g/mol. The summed E-state index contributed by atoms with van der Waals surface area (Å²) in [7, 11) is 0. The van der Waals surface area contributed by atoms with E-state index in [1.165, 1.54) is 29.4 Å². The first kappa shape index (κ1) is 11.5. The highest BCUT2D eigenvalue weighted by Gasteiger charge is 2.20. The SMILES string of the molecule is CC/C(=C/c1coc2ccccc12)CNC1CC1. The van der Waals surface area contributed by atoms with Gasteiger partial charge in [0.2, 0.25) is 0 Å². The summed E-state index contributed by atoms with van der Waals surface area (Å²) < 4.78 is 5.57. The summed E-state index contributed by atoms with van der Waals surface area (Å²) in [6, 6.07) is 8.96. The van der Waals surface area contributed by atoms with Gasteiger partial charge in [0.15, 0.2) is 0 Å². The van der Waals surface area contributed by atoms with E-state index in [-0.39, 0.29) is 0 Å². The van der Waals surface area contributed by atoms with Crippen LogP contribution in [-0.4, -0.2) is 12.6 Å². The van der Waals surface area contributed by atoms with Gasteiger partial charge in [-0.15, -0.1) is 0 Å². The van der Waals surface area contributed by atoms with Gasteiger partial charge >= 0.3 is 0 Å². The summed E-state index contributed by atoms with van der Waals surface area (Å²) in [5, 5.41) is 4.77. The fraction of sp³-hybridized carbons (Fsp3) is 0.375. The third-order valence-corrected chi connectivity index (χ3v) is 3.52. The number of benzene rings is 1. The summed E-state index contributed by atoms with van der Waals surface area (Å²) in [6.07, 6.45) is 7.88. The van der Waals surface area contributed by atoms with Gasteiger partial charge in [0.25, 0.3) is 0 Å². The lowest BCUT2D eigenvalue weighted by Crippen LogP contribution is -2.18. The standard InChI is InChI=1S/C16H19NO/c1-2-12(10-17-14-7-8-14)9-13-11-18-16-6-4-3-5-15(13)16/h3-6,9,11,14,17H,2,7-8,10H2,1H3/b12-9-. The van der Waals surface area contributed by atoms with Gasteiger partial charge in [-0.3, -0.25) is 0 Å². The predicted octanol–water partition coefficient (Wildman–Crippen LogP) is 3.98. The van der Waals surface area contributed by atoms with E-state index in [0.717, 1.165) is 24.6 Å². The predicted molar refractivity (Wildman–Crippen MR) is 75.5 cm³/mol. The van der Waals surface area contributed by atoms with Crippen LogP contribution >= 0.6 is 0 Å². The van der Waals surface area contributed by atoms with Gasteiger partial charge in [-0.05, 0) is 25.3 Å². The quantitative estimate of drug-likeness (QED) is 0.856. The lowest BCUT2D eigenvalue weighted by atomic mass is 10.1. The minimum Gasteiger partial charge on any atom is -0.464 e. The first-order valence-corrected chi connectivity index (χ1v) is 6.76. The van der Waals surface area contributed by atoms with Gasteiger partial charge in [-0.2, -0.15) is 0 Å². The van der Waals surface area contributed by atoms with E-state index < -0.39 is 0 Å². The summed E-state index contributed by atoms with van der Waals surface area (Å²) >= 11 is 0. The Bertz CT molecular complexity index is 563. The van der Waals surface area contributed by atoms with E-state index >= 15 is 0 Å². The molecule has 0 bridgehead atoms. The van der Waals surface area contributed by atoms with Crippen molar-refractivity contribution >= 4 is 17.0 Å². The van der Waals surface area contributed by atoms with Crippen LogP contribution in [0.1, 0.15) is 31.7 Å². The molecule has 2 aromatic rings. The van der Waals surface area contributed by atoms with Crippen LogP contribution in [0.4, 0.5) is 0 Å². The van der Waals surface area contributed by atoms with Crippen LogP contribution in [0.15, 0.2) is 40.5 Å². The van der Waals surface area contributed by atoms with Gasteiger partial charge in [0.1, 0.15) is 5.58 Å². The molecule has 2 nitrogen and oxygen atoms in total. The number of furan rings is 1. The third kappa shape index (κ3) is 2.49. The Balaban J connectivity index is 1.82. The maximum absolute atomic E-state index is 5.57. The highest BCUT2D eigenvalue weighted by Crippen LogP contribution is 2.24. The second-order valence-electron chi connectivity index (χ2n) is 5.00. The third-order valence-electron chi connectivity index (χ3n) is 3.52. The van der Waals surface area contributed by atoms with Crippen molar-refractivity contribution in [2.75, 3.05) is 6.54 Å². The first-order chi connectivity index (χ1) is 8.86. The number of para-hydroxylation sites is 1. The zero-order valence-corrected chi connectivity index (χ0v) is 10.8. The second kappa shape index (κ2) is 4.99. The molecule has 1 N–H and O–H groups in total. The number of nitrogens with one attached hydrogen (secondary N) is 1. The number of hydrogen-bond donors (Lipinski definition) is 1. The molecule has 1 saturated carbocycles. The molecule has 0 atom stereocenters. The van der Waals surface area contributed by atoms with Crippen molar-refractivity contribution in [2.24, 2.45) is 0 Å². The highest BCUT2D eigenvalue weighted by atomic mass is 16.3. The van der Waals surface area contributed by atoms with Gasteiger partial charge in [0, 0.05) is 23.5 Å². The van der Waals surface area contributed by atoms with E-state index in [0.29, 0.717) is 0 Å². The fourth-order valence-electron chi connectivity index (χ4n) is 2.17. The molecule has 1 aromatic heterocycles. The molecule has 1 aliphatic rings. The van der Waals surface area contributed by atoms with Gasteiger partial charge in [0.05, 0.1) is 6.26 Å². The van der Waals surface area contributed by atoms with Gasteiger partial charge in [-0.1, -0.05) is 36.8 Å². The average Bonchev–Trinajstić information content (AvgIpc) is 3.15. The molecule has 1 aromatic carbocycles. The molecule has 0 amide bonds. The highest BCUT2D eigenvalue weighted by molar-refractivity contribution is 5.87. The van der Waals surface area contributed by atoms with Crippen LogP contribution in [0.3, 0.4) is 0 Å². The van der Waals surface area contributed by atoms with Crippen molar-refractivity contribution in [3.8, 4) is 0 Å². The molecule has 0 saturated heterocycles. The molecule has 94 valence electrons. The minimum absolute atomic E-state index is 0.765. The molecule has 0 aliphatic heterocycles. The lowest BCUT2D eigenvalue weighted by molar-refractivity contribution is 0.615. The Morgan fingerprint density at radius 1 is 1.39 bits per heavy atom. The number of rotatable bonds is 5. The number of hydrogen-bond acceptors (Lipinski definition) is 2. The molecule has 18 heavy (non-hydrogen) atoms. The van der Waals surface area contributed by atoms with Gasteiger partial charge < -0.3 is 9.73 Å². The van der Waals surface area contributed by atoms with E-state index in [1.54, 1.807) is 0 Å². The lowest BCUT2D eigenvalue weighted by Gasteiger charge is -2.05. The van der Waals surface area contributed by atoms with Crippen LogP contribution in [0, 0.1) is 0 Å². The Morgan fingerprint density at radius 2 is 2.22 bits per heavy atom. The summed E-state index contributed by atoms with van der Waals surface area (Å²) in [4.78, 5) is 0. The van der Waals surface area contributed by atoms with Gasteiger partial charge in [-0.25, -0.2) is 0 Å². The normalized spacial score (nSPS) is 16.4.